The first-order chi connectivity index (χ1) is 10.2. The second-order valence-corrected chi connectivity index (χ2v) is 6.33. The number of hydrogen-bond donors (Lipinski definition) is 1. The molecule has 0 amide bonds. The summed E-state index contributed by atoms with van der Waals surface area (Å²) in [5, 5.41) is 9.91. The van der Waals surface area contributed by atoms with E-state index in [2.05, 4.69) is 9.80 Å². The zero-order chi connectivity index (χ0) is 14.8. The van der Waals surface area contributed by atoms with Gasteiger partial charge in [0.05, 0.1) is 16.3 Å². The van der Waals surface area contributed by atoms with Crippen molar-refractivity contribution < 1.29 is 9.90 Å². The third-order valence-electron chi connectivity index (χ3n) is 4.60. The number of carboxylic acids is 1. The molecule has 0 aliphatic carbocycles. The fourth-order valence-corrected chi connectivity index (χ4v) is 3.83. The SMILES string of the molecule is O=C(O)c1cccc(Cl)c1N1CCC(N2CCCCC2)C1. The fraction of sp³-hybridized carbons (Fsp3) is 0.562. The van der Waals surface area contributed by atoms with Crippen molar-refractivity contribution >= 4 is 23.3 Å². The van der Waals surface area contributed by atoms with Gasteiger partial charge in [-0.05, 0) is 44.5 Å². The van der Waals surface area contributed by atoms with Crippen molar-refractivity contribution in [3.8, 4) is 0 Å². The van der Waals surface area contributed by atoms with Gasteiger partial charge < -0.3 is 10.0 Å². The van der Waals surface area contributed by atoms with Gasteiger partial charge in [0.1, 0.15) is 0 Å². The van der Waals surface area contributed by atoms with Crippen LogP contribution in [0.2, 0.25) is 5.02 Å². The monoisotopic (exact) mass is 308 g/mol. The molecule has 0 saturated carbocycles. The molecule has 2 saturated heterocycles. The van der Waals surface area contributed by atoms with Gasteiger partial charge in [0.25, 0.3) is 0 Å². The minimum atomic E-state index is -0.908. The molecule has 21 heavy (non-hydrogen) atoms. The molecule has 1 unspecified atom stereocenters. The number of carbonyl (C=O) groups is 1. The topological polar surface area (TPSA) is 43.8 Å². The second-order valence-electron chi connectivity index (χ2n) is 5.93. The highest BCUT2D eigenvalue weighted by Crippen LogP contribution is 2.33. The number of hydrogen-bond acceptors (Lipinski definition) is 3. The Kier molecular flexibility index (Phi) is 4.36. The third-order valence-corrected chi connectivity index (χ3v) is 4.91. The van der Waals surface area contributed by atoms with Gasteiger partial charge in [-0.3, -0.25) is 4.90 Å². The van der Waals surface area contributed by atoms with Crippen LogP contribution < -0.4 is 4.90 Å². The molecule has 1 aromatic rings. The molecule has 4 nitrogen and oxygen atoms in total. The van der Waals surface area contributed by atoms with Crippen LogP contribution in [0, 0.1) is 0 Å². The molecular formula is C16H21ClN2O2. The van der Waals surface area contributed by atoms with E-state index in [-0.39, 0.29) is 0 Å². The van der Waals surface area contributed by atoms with Gasteiger partial charge in [0.2, 0.25) is 0 Å². The van der Waals surface area contributed by atoms with Crippen LogP contribution in [0.4, 0.5) is 5.69 Å². The largest absolute Gasteiger partial charge is 0.478 e. The predicted molar refractivity (Wildman–Crippen MR) is 84.5 cm³/mol. The molecule has 114 valence electrons. The summed E-state index contributed by atoms with van der Waals surface area (Å²) in [5.41, 5.74) is 0.993. The van der Waals surface area contributed by atoms with Crippen LogP contribution in [-0.2, 0) is 0 Å². The van der Waals surface area contributed by atoms with Gasteiger partial charge >= 0.3 is 5.97 Å². The molecule has 3 rings (SSSR count). The first-order valence-corrected chi connectivity index (χ1v) is 8.05. The Morgan fingerprint density at radius 1 is 1.19 bits per heavy atom. The van der Waals surface area contributed by atoms with E-state index in [1.54, 1.807) is 18.2 Å². The Labute approximate surface area is 130 Å². The van der Waals surface area contributed by atoms with E-state index < -0.39 is 5.97 Å². The number of para-hydroxylation sites is 1. The van der Waals surface area contributed by atoms with Crippen LogP contribution in [0.25, 0.3) is 0 Å². The van der Waals surface area contributed by atoms with Gasteiger partial charge in [0, 0.05) is 19.1 Å². The minimum absolute atomic E-state index is 0.307. The summed E-state index contributed by atoms with van der Waals surface area (Å²) in [6.07, 6.45) is 4.98. The lowest BCUT2D eigenvalue weighted by molar-refractivity contribution is 0.0697. The van der Waals surface area contributed by atoms with Crippen molar-refractivity contribution in [1.82, 2.24) is 4.90 Å². The number of carboxylic acid groups (broad SMARTS) is 1. The predicted octanol–water partition coefficient (Wildman–Crippen LogP) is 3.10. The summed E-state index contributed by atoms with van der Waals surface area (Å²) in [7, 11) is 0. The zero-order valence-electron chi connectivity index (χ0n) is 12.1. The number of likely N-dealkylation sites (tertiary alicyclic amines) is 1. The normalized spacial score (nSPS) is 23.5. The maximum atomic E-state index is 11.4. The Balaban J connectivity index is 1.78. The highest BCUT2D eigenvalue weighted by molar-refractivity contribution is 6.34. The Morgan fingerprint density at radius 2 is 1.95 bits per heavy atom. The summed E-state index contributed by atoms with van der Waals surface area (Å²) in [6.45, 7) is 4.11. The molecular weight excluding hydrogens is 288 g/mol. The van der Waals surface area contributed by atoms with Crippen molar-refractivity contribution in [3.63, 3.8) is 0 Å². The third kappa shape index (κ3) is 3.01. The summed E-state index contributed by atoms with van der Waals surface area (Å²) >= 11 is 6.27. The molecule has 2 heterocycles. The van der Waals surface area contributed by atoms with Crippen molar-refractivity contribution in [2.45, 2.75) is 31.7 Å². The number of piperidine rings is 1. The number of rotatable bonds is 3. The van der Waals surface area contributed by atoms with Crippen LogP contribution in [-0.4, -0.2) is 48.2 Å². The molecule has 1 N–H and O–H groups in total. The summed E-state index contributed by atoms with van der Waals surface area (Å²) in [6, 6.07) is 5.64. The Bertz CT molecular complexity index is 529. The lowest BCUT2D eigenvalue weighted by atomic mass is 10.1. The second kappa shape index (κ2) is 6.24. The molecule has 0 bridgehead atoms. The maximum absolute atomic E-state index is 11.4. The maximum Gasteiger partial charge on any atom is 0.337 e. The van der Waals surface area contributed by atoms with E-state index >= 15 is 0 Å². The average molecular weight is 309 g/mol. The molecule has 0 spiro atoms. The molecule has 0 radical (unpaired) electrons. The number of benzene rings is 1. The van der Waals surface area contributed by atoms with Crippen molar-refractivity contribution in [2.75, 3.05) is 31.1 Å². The molecule has 2 aliphatic rings. The zero-order valence-corrected chi connectivity index (χ0v) is 12.9. The number of aromatic carboxylic acids is 1. The molecule has 1 atom stereocenters. The van der Waals surface area contributed by atoms with Crippen LogP contribution in [0.1, 0.15) is 36.0 Å². The van der Waals surface area contributed by atoms with E-state index in [1.165, 1.54) is 32.4 Å². The molecule has 0 aromatic heterocycles. The Hall–Kier alpha value is -1.26. The van der Waals surface area contributed by atoms with Gasteiger partial charge in [-0.1, -0.05) is 24.1 Å². The lowest BCUT2D eigenvalue weighted by Gasteiger charge is -2.32. The quantitative estimate of drug-likeness (QED) is 0.932. The summed E-state index contributed by atoms with van der Waals surface area (Å²) < 4.78 is 0. The number of nitrogens with zero attached hydrogens (tertiary/aromatic N) is 2. The van der Waals surface area contributed by atoms with Gasteiger partial charge in [0.15, 0.2) is 0 Å². The van der Waals surface area contributed by atoms with E-state index in [9.17, 15) is 9.90 Å². The van der Waals surface area contributed by atoms with E-state index in [1.807, 2.05) is 0 Å². The first kappa shape index (κ1) is 14.7. The van der Waals surface area contributed by atoms with Crippen LogP contribution in [0.5, 0.6) is 0 Å². The van der Waals surface area contributed by atoms with Crippen molar-refractivity contribution in [1.29, 1.82) is 0 Å². The van der Waals surface area contributed by atoms with Crippen LogP contribution in [0.15, 0.2) is 18.2 Å². The highest BCUT2D eigenvalue weighted by Gasteiger charge is 2.31. The molecule has 5 heteroatoms. The van der Waals surface area contributed by atoms with E-state index in [0.717, 1.165) is 19.5 Å². The van der Waals surface area contributed by atoms with Crippen LogP contribution in [0.3, 0.4) is 0 Å². The molecule has 2 aliphatic heterocycles. The standard InChI is InChI=1S/C16H21ClN2O2/c17-14-6-4-5-13(16(20)21)15(14)19-10-7-12(11-19)18-8-2-1-3-9-18/h4-6,12H,1-3,7-11H2,(H,20,21). The van der Waals surface area contributed by atoms with Crippen LogP contribution >= 0.6 is 11.6 Å². The number of halogens is 1. The Morgan fingerprint density at radius 3 is 2.67 bits per heavy atom. The van der Waals surface area contributed by atoms with E-state index in [0.29, 0.717) is 22.3 Å². The molecule has 1 aromatic carbocycles. The van der Waals surface area contributed by atoms with Gasteiger partial charge in [-0.15, -0.1) is 0 Å². The molecule has 2 fully saturated rings. The number of anilines is 1. The van der Waals surface area contributed by atoms with E-state index in [4.69, 9.17) is 11.6 Å². The lowest BCUT2D eigenvalue weighted by Crippen LogP contribution is -2.41. The first-order valence-electron chi connectivity index (χ1n) is 7.67. The fourth-order valence-electron chi connectivity index (χ4n) is 3.54. The van der Waals surface area contributed by atoms with Crippen molar-refractivity contribution in [2.24, 2.45) is 0 Å². The highest BCUT2D eigenvalue weighted by atomic mass is 35.5. The van der Waals surface area contributed by atoms with Gasteiger partial charge in [-0.2, -0.15) is 0 Å². The smallest absolute Gasteiger partial charge is 0.337 e. The van der Waals surface area contributed by atoms with Gasteiger partial charge in [-0.25, -0.2) is 4.79 Å². The van der Waals surface area contributed by atoms with Crippen molar-refractivity contribution in [3.05, 3.63) is 28.8 Å². The summed E-state index contributed by atoms with van der Waals surface area (Å²) in [5.74, 6) is -0.908. The minimum Gasteiger partial charge on any atom is -0.478 e. The summed E-state index contributed by atoms with van der Waals surface area (Å²) in [4.78, 5) is 16.1. The average Bonchev–Trinajstić information content (AvgIpc) is 2.97.